The zero-order valence-corrected chi connectivity index (χ0v) is 13.2. The number of nitrogens with one attached hydrogen (secondary N) is 2. The second kappa shape index (κ2) is 9.10. The first kappa shape index (κ1) is 17.1. The van der Waals surface area contributed by atoms with Gasteiger partial charge in [-0.25, -0.2) is 9.59 Å². The van der Waals surface area contributed by atoms with E-state index in [9.17, 15) is 9.59 Å². The van der Waals surface area contributed by atoms with E-state index in [0.29, 0.717) is 6.42 Å². The third-order valence-electron chi connectivity index (χ3n) is 3.97. The highest BCUT2D eigenvalue weighted by atomic mass is 32.2. The second-order valence-corrected chi connectivity index (χ2v) is 6.40. The van der Waals surface area contributed by atoms with Gasteiger partial charge in [-0.3, -0.25) is 0 Å². The summed E-state index contributed by atoms with van der Waals surface area (Å²) in [5.74, 6) is 0.534. The molecule has 0 aliphatic heterocycles. The molecule has 1 atom stereocenters. The SMILES string of the molecule is CCC1CCC(NC(=O)N[C@@H](CCSC)C(=O)O)CC1. The van der Waals surface area contributed by atoms with Crippen molar-refractivity contribution in [1.29, 1.82) is 0 Å². The number of aliphatic carboxylic acids is 1. The van der Waals surface area contributed by atoms with E-state index in [4.69, 9.17) is 5.11 Å². The number of hydrogen-bond donors (Lipinski definition) is 3. The summed E-state index contributed by atoms with van der Waals surface area (Å²) in [6, 6.07) is -0.958. The minimum absolute atomic E-state index is 0.188. The fourth-order valence-electron chi connectivity index (χ4n) is 2.59. The van der Waals surface area contributed by atoms with Gasteiger partial charge in [0.2, 0.25) is 0 Å². The molecule has 5 nitrogen and oxygen atoms in total. The molecule has 6 heteroatoms. The van der Waals surface area contributed by atoms with Crippen LogP contribution in [0.2, 0.25) is 0 Å². The molecule has 1 rings (SSSR count). The van der Waals surface area contributed by atoms with Crippen LogP contribution in [-0.2, 0) is 4.79 Å². The molecule has 0 radical (unpaired) electrons. The van der Waals surface area contributed by atoms with Gasteiger partial charge in [0.1, 0.15) is 6.04 Å². The number of urea groups is 1. The predicted octanol–water partition coefficient (Wildman–Crippen LogP) is 2.46. The molecule has 1 fully saturated rings. The number of carboxylic acid groups (broad SMARTS) is 1. The Morgan fingerprint density at radius 2 is 1.95 bits per heavy atom. The maximum absolute atomic E-state index is 11.8. The van der Waals surface area contributed by atoms with Crippen LogP contribution in [0.15, 0.2) is 0 Å². The van der Waals surface area contributed by atoms with E-state index >= 15 is 0 Å². The Hall–Kier alpha value is -0.910. The van der Waals surface area contributed by atoms with Crippen molar-refractivity contribution in [3.05, 3.63) is 0 Å². The molecule has 0 aromatic carbocycles. The van der Waals surface area contributed by atoms with E-state index in [1.807, 2.05) is 6.26 Å². The first-order valence-electron chi connectivity index (χ1n) is 7.35. The largest absolute Gasteiger partial charge is 0.480 e. The van der Waals surface area contributed by atoms with Crippen LogP contribution in [0.25, 0.3) is 0 Å². The standard InChI is InChI=1S/C14H26N2O3S/c1-3-10-4-6-11(7-5-10)15-14(19)16-12(13(17)18)8-9-20-2/h10-12H,3-9H2,1-2H3,(H,17,18)(H2,15,16,19)/t10?,11?,12-/m0/s1. The van der Waals surface area contributed by atoms with E-state index < -0.39 is 12.0 Å². The van der Waals surface area contributed by atoms with Crippen LogP contribution in [0.1, 0.15) is 45.4 Å². The van der Waals surface area contributed by atoms with Crippen LogP contribution >= 0.6 is 11.8 Å². The maximum Gasteiger partial charge on any atom is 0.326 e. The number of thioether (sulfide) groups is 1. The Morgan fingerprint density at radius 3 is 2.45 bits per heavy atom. The van der Waals surface area contributed by atoms with E-state index in [2.05, 4.69) is 17.6 Å². The van der Waals surface area contributed by atoms with E-state index in [1.165, 1.54) is 6.42 Å². The van der Waals surface area contributed by atoms with Crippen molar-refractivity contribution in [2.45, 2.75) is 57.5 Å². The third kappa shape index (κ3) is 6.03. The van der Waals surface area contributed by atoms with Crippen LogP contribution in [0, 0.1) is 5.92 Å². The number of rotatable bonds is 7. The molecular formula is C14H26N2O3S. The lowest BCUT2D eigenvalue weighted by Crippen LogP contribution is -2.49. The van der Waals surface area contributed by atoms with Crippen molar-refractivity contribution in [2.75, 3.05) is 12.0 Å². The fraction of sp³-hybridized carbons (Fsp3) is 0.857. The van der Waals surface area contributed by atoms with Crippen molar-refractivity contribution in [3.8, 4) is 0 Å². The Kier molecular flexibility index (Phi) is 7.80. The number of hydrogen-bond acceptors (Lipinski definition) is 3. The minimum atomic E-state index is -0.969. The molecule has 116 valence electrons. The smallest absolute Gasteiger partial charge is 0.326 e. The van der Waals surface area contributed by atoms with E-state index in [1.54, 1.807) is 11.8 Å². The van der Waals surface area contributed by atoms with Gasteiger partial charge in [0.15, 0.2) is 0 Å². The summed E-state index contributed by atoms with van der Waals surface area (Å²) < 4.78 is 0. The number of carbonyl (C=O) groups excluding carboxylic acids is 1. The lowest BCUT2D eigenvalue weighted by molar-refractivity contribution is -0.139. The Bertz CT molecular complexity index is 318. The predicted molar refractivity (Wildman–Crippen MR) is 82.1 cm³/mol. The van der Waals surface area contributed by atoms with Crippen molar-refractivity contribution >= 4 is 23.8 Å². The van der Waals surface area contributed by atoms with Crippen molar-refractivity contribution < 1.29 is 14.7 Å². The lowest BCUT2D eigenvalue weighted by atomic mass is 9.85. The molecule has 0 heterocycles. The lowest BCUT2D eigenvalue weighted by Gasteiger charge is -2.28. The molecule has 0 spiro atoms. The molecule has 20 heavy (non-hydrogen) atoms. The van der Waals surface area contributed by atoms with E-state index in [0.717, 1.165) is 37.4 Å². The molecule has 2 amide bonds. The molecule has 0 bridgehead atoms. The molecule has 1 saturated carbocycles. The molecular weight excluding hydrogens is 276 g/mol. The summed E-state index contributed by atoms with van der Waals surface area (Å²) in [5.41, 5.74) is 0. The first-order chi connectivity index (χ1) is 9.56. The number of carbonyl (C=O) groups is 2. The summed E-state index contributed by atoms with van der Waals surface area (Å²) in [5, 5.41) is 14.5. The highest BCUT2D eigenvalue weighted by molar-refractivity contribution is 7.98. The zero-order chi connectivity index (χ0) is 15.0. The van der Waals surface area contributed by atoms with E-state index in [-0.39, 0.29) is 12.1 Å². The van der Waals surface area contributed by atoms with Gasteiger partial charge in [0, 0.05) is 6.04 Å². The van der Waals surface area contributed by atoms with Gasteiger partial charge in [-0.1, -0.05) is 13.3 Å². The summed E-state index contributed by atoms with van der Waals surface area (Å²) >= 11 is 1.58. The maximum atomic E-state index is 11.8. The van der Waals surface area contributed by atoms with Gasteiger partial charge in [-0.2, -0.15) is 11.8 Å². The summed E-state index contributed by atoms with van der Waals surface area (Å²) in [7, 11) is 0. The monoisotopic (exact) mass is 302 g/mol. The number of carboxylic acids is 1. The molecule has 0 aromatic heterocycles. The van der Waals surface area contributed by atoms with Gasteiger partial charge < -0.3 is 15.7 Å². The first-order valence-corrected chi connectivity index (χ1v) is 8.75. The van der Waals surface area contributed by atoms with Gasteiger partial charge in [-0.15, -0.1) is 0 Å². The van der Waals surface area contributed by atoms with Crippen LogP contribution in [0.5, 0.6) is 0 Å². The highest BCUT2D eigenvalue weighted by Crippen LogP contribution is 2.26. The topological polar surface area (TPSA) is 78.4 Å². The minimum Gasteiger partial charge on any atom is -0.480 e. The average Bonchev–Trinajstić information content (AvgIpc) is 2.44. The molecule has 1 aliphatic rings. The molecule has 0 unspecified atom stereocenters. The molecule has 0 aromatic rings. The van der Waals surface area contributed by atoms with Gasteiger partial charge in [-0.05, 0) is 50.0 Å². The van der Waals surface area contributed by atoms with Gasteiger partial charge in [0.25, 0.3) is 0 Å². The second-order valence-electron chi connectivity index (χ2n) is 5.42. The van der Waals surface area contributed by atoms with Crippen LogP contribution < -0.4 is 10.6 Å². The van der Waals surface area contributed by atoms with Crippen molar-refractivity contribution in [2.24, 2.45) is 5.92 Å². The van der Waals surface area contributed by atoms with Crippen LogP contribution in [-0.4, -0.2) is 41.2 Å². The Morgan fingerprint density at radius 1 is 1.30 bits per heavy atom. The highest BCUT2D eigenvalue weighted by Gasteiger charge is 2.24. The summed E-state index contributed by atoms with van der Waals surface area (Å²) in [6.07, 6.45) is 7.86. The van der Waals surface area contributed by atoms with Gasteiger partial charge in [0.05, 0.1) is 0 Å². The van der Waals surface area contributed by atoms with Crippen molar-refractivity contribution in [1.82, 2.24) is 10.6 Å². The fourth-order valence-corrected chi connectivity index (χ4v) is 3.06. The van der Waals surface area contributed by atoms with Crippen LogP contribution in [0.3, 0.4) is 0 Å². The Balaban J connectivity index is 2.32. The van der Waals surface area contributed by atoms with Crippen molar-refractivity contribution in [3.63, 3.8) is 0 Å². The Labute approximate surface area is 125 Å². The molecule has 1 aliphatic carbocycles. The van der Waals surface area contributed by atoms with Crippen LogP contribution in [0.4, 0.5) is 4.79 Å². The molecule has 0 saturated heterocycles. The number of amides is 2. The summed E-state index contributed by atoms with van der Waals surface area (Å²) in [4.78, 5) is 22.9. The quantitative estimate of drug-likeness (QED) is 0.675. The summed E-state index contributed by atoms with van der Waals surface area (Å²) in [6.45, 7) is 2.20. The third-order valence-corrected chi connectivity index (χ3v) is 4.62. The normalized spacial score (nSPS) is 23.9. The molecule has 3 N–H and O–H groups in total. The average molecular weight is 302 g/mol. The van der Waals surface area contributed by atoms with Gasteiger partial charge >= 0.3 is 12.0 Å². The zero-order valence-electron chi connectivity index (χ0n) is 12.4.